The summed E-state index contributed by atoms with van der Waals surface area (Å²) < 4.78 is 0. The van der Waals surface area contributed by atoms with E-state index in [1.165, 1.54) is 24.0 Å². The Bertz CT molecular complexity index is 331. The molecule has 0 heterocycles. The van der Waals surface area contributed by atoms with Gasteiger partial charge >= 0.3 is 0 Å². The lowest BCUT2D eigenvalue weighted by atomic mass is 9.96. The van der Waals surface area contributed by atoms with Crippen LogP contribution in [0.25, 0.3) is 0 Å². The molecule has 1 aliphatic carbocycles. The van der Waals surface area contributed by atoms with Gasteiger partial charge in [0.2, 0.25) is 0 Å². The van der Waals surface area contributed by atoms with Gasteiger partial charge in [0, 0.05) is 5.70 Å². The van der Waals surface area contributed by atoms with Crippen molar-refractivity contribution in [2.45, 2.75) is 46.5 Å². The number of hydrogen-bond donors (Lipinski definition) is 0. The summed E-state index contributed by atoms with van der Waals surface area (Å²) >= 11 is 0. The van der Waals surface area contributed by atoms with Crippen molar-refractivity contribution in [3.05, 3.63) is 35.1 Å². The smallest absolute Gasteiger partial charge is 0.0428 e. The maximum atomic E-state index is 4.05. The van der Waals surface area contributed by atoms with Crippen molar-refractivity contribution in [2.24, 2.45) is 10.9 Å². The molecule has 1 aliphatic rings. The minimum Gasteiger partial charge on any atom is -0.269 e. The summed E-state index contributed by atoms with van der Waals surface area (Å²) in [6, 6.07) is 0. The van der Waals surface area contributed by atoms with Gasteiger partial charge in [-0.15, -0.1) is 0 Å². The van der Waals surface area contributed by atoms with Crippen molar-refractivity contribution in [2.75, 3.05) is 0 Å². The van der Waals surface area contributed by atoms with Gasteiger partial charge in [-0.25, -0.2) is 0 Å². The molecule has 0 amide bonds. The fraction of sp³-hybridized carbons (Fsp3) is 0.533. The average Bonchev–Trinajstić information content (AvgIpc) is 2.29. The van der Waals surface area contributed by atoms with E-state index in [4.69, 9.17) is 0 Å². The average molecular weight is 217 g/mol. The van der Waals surface area contributed by atoms with Crippen LogP contribution >= 0.6 is 0 Å². The van der Waals surface area contributed by atoms with Crippen LogP contribution in [-0.4, -0.2) is 6.72 Å². The van der Waals surface area contributed by atoms with Crippen molar-refractivity contribution >= 4 is 6.72 Å². The lowest BCUT2D eigenvalue weighted by Crippen LogP contribution is -1.94. The highest BCUT2D eigenvalue weighted by molar-refractivity contribution is 5.40. The molecule has 0 saturated heterocycles. The Hall–Kier alpha value is -1.11. The lowest BCUT2D eigenvalue weighted by molar-refractivity contribution is 0.572. The zero-order valence-electron chi connectivity index (χ0n) is 10.8. The number of aliphatic imine (C=N–C) groups is 1. The Kier molecular flexibility index (Phi) is 5.24. The molecule has 0 radical (unpaired) electrons. The maximum absolute atomic E-state index is 4.05. The van der Waals surface area contributed by atoms with Gasteiger partial charge in [-0.1, -0.05) is 38.5 Å². The Morgan fingerprint density at radius 1 is 1.50 bits per heavy atom. The monoisotopic (exact) mass is 217 g/mol. The largest absolute Gasteiger partial charge is 0.269 e. The first-order valence-electron chi connectivity index (χ1n) is 6.21. The highest BCUT2D eigenvalue weighted by Gasteiger charge is 2.07. The second kappa shape index (κ2) is 6.47. The first-order chi connectivity index (χ1) is 7.67. The van der Waals surface area contributed by atoms with E-state index < -0.39 is 0 Å². The summed E-state index contributed by atoms with van der Waals surface area (Å²) in [7, 11) is 0. The van der Waals surface area contributed by atoms with Gasteiger partial charge in [0.15, 0.2) is 0 Å². The minimum atomic E-state index is 0.794. The zero-order valence-corrected chi connectivity index (χ0v) is 10.8. The Labute approximate surface area is 99.7 Å². The third-order valence-electron chi connectivity index (χ3n) is 3.27. The molecule has 0 spiro atoms. The normalized spacial score (nSPS) is 18.8. The van der Waals surface area contributed by atoms with Crippen LogP contribution in [0.4, 0.5) is 0 Å². The first kappa shape index (κ1) is 13.0. The quantitative estimate of drug-likeness (QED) is 0.593. The van der Waals surface area contributed by atoms with Crippen molar-refractivity contribution in [3.63, 3.8) is 0 Å². The summed E-state index contributed by atoms with van der Waals surface area (Å²) in [5.41, 5.74) is 3.84. The Balaban J connectivity index is 2.57. The van der Waals surface area contributed by atoms with Crippen LogP contribution in [0.3, 0.4) is 0 Å². The van der Waals surface area contributed by atoms with E-state index in [0.29, 0.717) is 0 Å². The SMILES string of the molecule is C=NC1=C(C)C=C(/C=C/CC(C)CC)CC1. The van der Waals surface area contributed by atoms with Crippen LogP contribution < -0.4 is 0 Å². The predicted octanol–water partition coefficient (Wildman–Crippen LogP) is 4.67. The molecule has 1 rings (SSSR count). The molecule has 1 heteroatoms. The fourth-order valence-corrected chi connectivity index (χ4v) is 1.85. The molecular formula is C15H23N. The molecule has 1 nitrogen and oxygen atoms in total. The standard InChI is InChI=1S/C15H23N/c1-5-12(2)7-6-8-14-9-10-15(16-4)13(3)11-14/h6,8,11-12H,4-5,7,9-10H2,1-3H3/b8-6+. The molecule has 1 unspecified atom stereocenters. The van der Waals surface area contributed by atoms with E-state index in [0.717, 1.165) is 24.5 Å². The second-order valence-electron chi connectivity index (χ2n) is 4.66. The van der Waals surface area contributed by atoms with Gasteiger partial charge in [-0.3, -0.25) is 4.99 Å². The molecule has 88 valence electrons. The van der Waals surface area contributed by atoms with Gasteiger partial charge < -0.3 is 0 Å². The number of allylic oxidation sites excluding steroid dienone is 6. The summed E-state index contributed by atoms with van der Waals surface area (Å²) in [6.07, 6.45) is 11.4. The molecule has 0 fully saturated rings. The van der Waals surface area contributed by atoms with Crippen molar-refractivity contribution < 1.29 is 0 Å². The van der Waals surface area contributed by atoms with E-state index >= 15 is 0 Å². The van der Waals surface area contributed by atoms with Crippen molar-refractivity contribution in [1.29, 1.82) is 0 Å². The molecule has 0 aromatic carbocycles. The van der Waals surface area contributed by atoms with Crippen molar-refractivity contribution in [1.82, 2.24) is 0 Å². The third kappa shape index (κ3) is 3.80. The van der Waals surface area contributed by atoms with Crippen molar-refractivity contribution in [3.8, 4) is 0 Å². The molecule has 0 aliphatic heterocycles. The molecule has 0 aromatic heterocycles. The van der Waals surface area contributed by atoms with Crippen LogP contribution in [-0.2, 0) is 0 Å². The van der Waals surface area contributed by atoms with Gasteiger partial charge in [-0.05, 0) is 50.0 Å². The van der Waals surface area contributed by atoms with E-state index in [1.54, 1.807) is 0 Å². The van der Waals surface area contributed by atoms with E-state index in [1.807, 2.05) is 0 Å². The number of rotatable bonds is 5. The molecule has 0 N–H and O–H groups in total. The van der Waals surface area contributed by atoms with Gasteiger partial charge in [0.1, 0.15) is 0 Å². The summed E-state index contributed by atoms with van der Waals surface area (Å²) in [6.45, 7) is 10.3. The number of hydrogen-bond acceptors (Lipinski definition) is 1. The van der Waals surface area contributed by atoms with E-state index in [2.05, 4.69) is 50.7 Å². The van der Waals surface area contributed by atoms with Crippen LogP contribution in [0.2, 0.25) is 0 Å². The Morgan fingerprint density at radius 2 is 2.25 bits per heavy atom. The summed E-state index contributed by atoms with van der Waals surface area (Å²) in [5.74, 6) is 0.794. The number of nitrogens with zero attached hydrogens (tertiary/aromatic N) is 1. The lowest BCUT2D eigenvalue weighted by Gasteiger charge is -2.12. The highest BCUT2D eigenvalue weighted by Crippen LogP contribution is 2.25. The van der Waals surface area contributed by atoms with Crippen LogP contribution in [0.15, 0.2) is 40.1 Å². The molecular weight excluding hydrogens is 194 g/mol. The van der Waals surface area contributed by atoms with Gasteiger partial charge in [0.05, 0.1) is 0 Å². The summed E-state index contributed by atoms with van der Waals surface area (Å²) in [5, 5.41) is 0. The molecule has 0 aromatic rings. The third-order valence-corrected chi connectivity index (χ3v) is 3.27. The van der Waals surface area contributed by atoms with Gasteiger partial charge in [-0.2, -0.15) is 0 Å². The summed E-state index contributed by atoms with van der Waals surface area (Å²) in [4.78, 5) is 4.05. The van der Waals surface area contributed by atoms with Crippen LogP contribution in [0.5, 0.6) is 0 Å². The first-order valence-corrected chi connectivity index (χ1v) is 6.21. The molecule has 1 atom stereocenters. The fourth-order valence-electron chi connectivity index (χ4n) is 1.85. The van der Waals surface area contributed by atoms with Crippen LogP contribution in [0.1, 0.15) is 46.5 Å². The molecule has 16 heavy (non-hydrogen) atoms. The van der Waals surface area contributed by atoms with Crippen LogP contribution in [0, 0.1) is 5.92 Å². The second-order valence-corrected chi connectivity index (χ2v) is 4.66. The zero-order chi connectivity index (χ0) is 12.0. The molecule has 0 saturated carbocycles. The maximum Gasteiger partial charge on any atom is 0.0428 e. The van der Waals surface area contributed by atoms with E-state index in [9.17, 15) is 0 Å². The van der Waals surface area contributed by atoms with E-state index in [-0.39, 0.29) is 0 Å². The topological polar surface area (TPSA) is 12.4 Å². The highest BCUT2D eigenvalue weighted by atomic mass is 14.7. The van der Waals surface area contributed by atoms with Gasteiger partial charge in [0.25, 0.3) is 0 Å². The predicted molar refractivity (Wildman–Crippen MR) is 72.8 cm³/mol. The Morgan fingerprint density at radius 3 is 2.81 bits per heavy atom. The molecule has 0 bridgehead atoms. The minimum absolute atomic E-state index is 0.794.